The average molecular weight is 260 g/mol. The Morgan fingerprint density at radius 3 is 0.667 bits per heavy atom. The second kappa shape index (κ2) is 19.3. The third-order valence-corrected chi connectivity index (χ3v) is 3.71. The molecule has 18 heavy (non-hydrogen) atoms. The molecule has 0 amide bonds. The van der Waals surface area contributed by atoms with E-state index in [9.17, 15) is 0 Å². The molecule has 0 atom stereocenters. The molecule has 0 fully saturated rings. The van der Waals surface area contributed by atoms with Crippen molar-refractivity contribution in [2.24, 2.45) is 0 Å². The van der Waals surface area contributed by atoms with E-state index in [0.717, 1.165) is 0 Å². The Kier molecular flexibility index (Phi) is 21.7. The highest BCUT2D eigenvalue weighted by atomic mass is 19.0. The van der Waals surface area contributed by atoms with Crippen molar-refractivity contribution < 1.29 is 4.70 Å². The highest BCUT2D eigenvalue weighted by Crippen LogP contribution is 2.13. The van der Waals surface area contributed by atoms with Gasteiger partial charge in [-0.15, -0.1) is 0 Å². The van der Waals surface area contributed by atoms with Crippen LogP contribution in [0.25, 0.3) is 0 Å². The van der Waals surface area contributed by atoms with E-state index >= 15 is 0 Å². The quantitative estimate of drug-likeness (QED) is 0.294. The minimum Gasteiger partial charge on any atom is -0.269 e. The van der Waals surface area contributed by atoms with Gasteiger partial charge in [-0.3, -0.25) is 4.70 Å². The van der Waals surface area contributed by atoms with Gasteiger partial charge in [-0.1, -0.05) is 110 Å². The van der Waals surface area contributed by atoms with E-state index in [-0.39, 0.29) is 4.70 Å². The lowest BCUT2D eigenvalue weighted by Crippen LogP contribution is -1.82. The van der Waals surface area contributed by atoms with E-state index in [4.69, 9.17) is 0 Å². The van der Waals surface area contributed by atoms with Crippen molar-refractivity contribution in [3.8, 4) is 0 Å². The number of hydrogen-bond acceptors (Lipinski definition) is 0. The summed E-state index contributed by atoms with van der Waals surface area (Å²) < 4.78 is 0. The van der Waals surface area contributed by atoms with Crippen molar-refractivity contribution in [1.29, 1.82) is 0 Å². The normalized spacial score (nSPS) is 10.3. The van der Waals surface area contributed by atoms with Crippen LogP contribution in [0.4, 0.5) is 4.70 Å². The van der Waals surface area contributed by atoms with Crippen LogP contribution in [0, 0.1) is 0 Å². The van der Waals surface area contributed by atoms with Crippen LogP contribution in [0.1, 0.15) is 110 Å². The number of hydrogen-bond donors (Lipinski definition) is 0. The predicted octanol–water partition coefficient (Wildman–Crippen LogP) is 7.03. The fourth-order valence-corrected chi connectivity index (χ4v) is 2.44. The fraction of sp³-hybridized carbons (Fsp3) is 1.00. The summed E-state index contributed by atoms with van der Waals surface area (Å²) >= 11 is 0. The predicted molar refractivity (Wildman–Crippen MR) is 83.1 cm³/mol. The summed E-state index contributed by atoms with van der Waals surface area (Å²) in [5.41, 5.74) is 0. The first-order valence-electron chi connectivity index (χ1n) is 8.41. The first-order chi connectivity index (χ1) is 8.41. The first-order valence-corrected chi connectivity index (χ1v) is 8.41. The van der Waals surface area contributed by atoms with E-state index < -0.39 is 0 Å². The lowest BCUT2D eigenvalue weighted by atomic mass is 10.0. The Morgan fingerprint density at radius 1 is 0.333 bits per heavy atom. The summed E-state index contributed by atoms with van der Waals surface area (Å²) in [7, 11) is 0. The van der Waals surface area contributed by atoms with Gasteiger partial charge in [-0.25, -0.2) is 0 Å². The van der Waals surface area contributed by atoms with Crippen LogP contribution in [0.2, 0.25) is 0 Å². The third kappa shape index (κ3) is 18.3. The Hall–Kier alpha value is -0.0700. The van der Waals surface area contributed by atoms with Crippen LogP contribution in [-0.2, 0) is 0 Å². The van der Waals surface area contributed by atoms with Gasteiger partial charge < -0.3 is 0 Å². The van der Waals surface area contributed by atoms with E-state index in [0.29, 0.717) is 0 Å². The maximum absolute atomic E-state index is 2.29. The first kappa shape index (κ1) is 20.3. The largest absolute Gasteiger partial charge is 0.269 e. The summed E-state index contributed by atoms with van der Waals surface area (Å²) in [4.78, 5) is 0. The molecule has 0 saturated heterocycles. The molecule has 0 bridgehead atoms. The molecule has 0 saturated carbocycles. The van der Waals surface area contributed by atoms with Gasteiger partial charge in [0.2, 0.25) is 0 Å². The third-order valence-electron chi connectivity index (χ3n) is 3.71. The zero-order valence-electron chi connectivity index (χ0n) is 13.0. The van der Waals surface area contributed by atoms with Gasteiger partial charge in [0.1, 0.15) is 0 Å². The molecular weight excluding hydrogens is 223 g/mol. The summed E-state index contributed by atoms with van der Waals surface area (Å²) in [5.74, 6) is 0. The molecule has 0 aromatic carbocycles. The molecule has 0 heterocycles. The van der Waals surface area contributed by atoms with Gasteiger partial charge in [0.15, 0.2) is 0 Å². The lowest BCUT2D eigenvalue weighted by Gasteiger charge is -2.02. The van der Waals surface area contributed by atoms with Crippen LogP contribution in [0.3, 0.4) is 0 Å². The summed E-state index contributed by atoms with van der Waals surface area (Å²) in [6.07, 6.45) is 21.9. The summed E-state index contributed by atoms with van der Waals surface area (Å²) in [5, 5.41) is 0. The van der Waals surface area contributed by atoms with E-state index in [1.54, 1.807) is 0 Å². The maximum Gasteiger partial charge on any atom is -0.0533 e. The van der Waals surface area contributed by atoms with Crippen LogP contribution >= 0.6 is 0 Å². The molecule has 0 aromatic rings. The molecule has 0 aliphatic rings. The minimum absolute atomic E-state index is 0. The minimum atomic E-state index is 0. The van der Waals surface area contributed by atoms with Gasteiger partial charge in [0, 0.05) is 0 Å². The molecule has 0 N–H and O–H groups in total. The van der Waals surface area contributed by atoms with E-state index in [1.165, 1.54) is 96.3 Å². The molecular formula is C17H37F. The van der Waals surface area contributed by atoms with Crippen molar-refractivity contribution in [3.05, 3.63) is 0 Å². The van der Waals surface area contributed by atoms with Crippen molar-refractivity contribution in [3.63, 3.8) is 0 Å². The highest BCUT2D eigenvalue weighted by Gasteiger charge is 1.93. The smallest absolute Gasteiger partial charge is 0.0533 e. The number of unbranched alkanes of at least 4 members (excludes halogenated alkanes) is 14. The number of halogens is 1. The van der Waals surface area contributed by atoms with Crippen molar-refractivity contribution in [2.45, 2.75) is 110 Å². The SMILES string of the molecule is CCCCCCCCCCCCCCCCC.F. The number of rotatable bonds is 14. The van der Waals surface area contributed by atoms with Crippen molar-refractivity contribution >= 4 is 0 Å². The average Bonchev–Trinajstić information content (AvgIpc) is 2.35. The molecule has 0 nitrogen and oxygen atoms in total. The lowest BCUT2D eigenvalue weighted by molar-refractivity contribution is 0.534. The Morgan fingerprint density at radius 2 is 0.500 bits per heavy atom. The van der Waals surface area contributed by atoms with Crippen molar-refractivity contribution in [2.75, 3.05) is 0 Å². The molecule has 112 valence electrons. The topological polar surface area (TPSA) is 0 Å². The zero-order valence-corrected chi connectivity index (χ0v) is 13.0. The molecule has 0 rings (SSSR count). The van der Waals surface area contributed by atoms with Gasteiger partial charge >= 0.3 is 0 Å². The monoisotopic (exact) mass is 260 g/mol. The molecule has 0 aliphatic carbocycles. The molecule has 0 radical (unpaired) electrons. The van der Waals surface area contributed by atoms with Gasteiger partial charge in [-0.05, 0) is 0 Å². The molecule has 0 spiro atoms. The van der Waals surface area contributed by atoms with Crippen LogP contribution in [0.5, 0.6) is 0 Å². The van der Waals surface area contributed by atoms with E-state index in [2.05, 4.69) is 13.8 Å². The van der Waals surface area contributed by atoms with Gasteiger partial charge in [0.05, 0.1) is 0 Å². The highest BCUT2D eigenvalue weighted by molar-refractivity contribution is 4.48. The van der Waals surface area contributed by atoms with E-state index in [1.807, 2.05) is 0 Å². The Labute approximate surface area is 115 Å². The van der Waals surface area contributed by atoms with Gasteiger partial charge in [-0.2, -0.15) is 0 Å². The molecule has 0 unspecified atom stereocenters. The maximum atomic E-state index is 2.29. The summed E-state index contributed by atoms with van der Waals surface area (Å²) in [6.45, 7) is 4.58. The summed E-state index contributed by atoms with van der Waals surface area (Å²) in [6, 6.07) is 0. The molecule has 0 aliphatic heterocycles. The second-order valence-electron chi connectivity index (χ2n) is 5.60. The Bertz CT molecular complexity index is 109. The van der Waals surface area contributed by atoms with Crippen LogP contribution in [0.15, 0.2) is 0 Å². The zero-order chi connectivity index (χ0) is 12.6. The van der Waals surface area contributed by atoms with Crippen molar-refractivity contribution in [1.82, 2.24) is 0 Å². The molecule has 1 heteroatoms. The standard InChI is InChI=1S/C17H36.FH/c1-3-5-7-9-11-13-15-17-16-14-12-10-8-6-4-2;/h3-17H2,1-2H3;1H. The second-order valence-corrected chi connectivity index (χ2v) is 5.60. The van der Waals surface area contributed by atoms with Crippen LogP contribution < -0.4 is 0 Å². The molecule has 0 aromatic heterocycles. The van der Waals surface area contributed by atoms with Gasteiger partial charge in [0.25, 0.3) is 0 Å². The fourth-order valence-electron chi connectivity index (χ4n) is 2.44. The Balaban J connectivity index is 0. The van der Waals surface area contributed by atoms with Crippen LogP contribution in [-0.4, -0.2) is 0 Å².